The Balaban J connectivity index is 1.45. The molecular weight excluding hydrogens is 442 g/mol. The van der Waals surface area contributed by atoms with Gasteiger partial charge in [-0.3, -0.25) is 24.8 Å². The number of hydrogen-bond acceptors (Lipinski definition) is 5. The summed E-state index contributed by atoms with van der Waals surface area (Å²) in [5, 5.41) is 0. The maximum absolute atomic E-state index is 4.69. The first-order valence-corrected chi connectivity index (χ1v) is 13.1. The molecule has 3 aromatic heterocycles. The molecule has 1 aromatic carbocycles. The van der Waals surface area contributed by atoms with Crippen LogP contribution >= 0.6 is 0 Å². The summed E-state index contributed by atoms with van der Waals surface area (Å²) in [6.45, 7) is 3.40. The van der Waals surface area contributed by atoms with E-state index in [-0.39, 0.29) is 0 Å². The van der Waals surface area contributed by atoms with E-state index in [2.05, 4.69) is 91.5 Å². The number of pyridine rings is 3. The highest BCUT2D eigenvalue weighted by molar-refractivity contribution is 5.16. The predicted octanol–water partition coefficient (Wildman–Crippen LogP) is 5.89. The average Bonchev–Trinajstić information content (AvgIpc) is 2.95. The molecule has 36 heavy (non-hydrogen) atoms. The Bertz CT molecular complexity index is 977. The number of rotatable bonds is 10. The number of hydrogen-bond donors (Lipinski definition) is 0. The molecule has 1 fully saturated rings. The fraction of sp³-hybridized carbons (Fsp3) is 0.323. The van der Waals surface area contributed by atoms with E-state index in [0.29, 0.717) is 12.1 Å². The van der Waals surface area contributed by atoms with Crippen molar-refractivity contribution >= 4 is 0 Å². The smallest absolute Gasteiger partial charge is 0.0544 e. The molecule has 5 rings (SSSR count). The molecular formula is C31H35N5. The Morgan fingerprint density at radius 1 is 0.500 bits per heavy atom. The molecule has 4 aromatic rings. The summed E-state index contributed by atoms with van der Waals surface area (Å²) in [4.78, 5) is 19.3. The lowest BCUT2D eigenvalue weighted by atomic mass is 9.87. The summed E-state index contributed by atoms with van der Waals surface area (Å²) in [7, 11) is 0. The third kappa shape index (κ3) is 6.62. The van der Waals surface area contributed by atoms with Gasteiger partial charge in [0.2, 0.25) is 0 Å². The molecule has 0 N–H and O–H groups in total. The van der Waals surface area contributed by atoms with E-state index < -0.39 is 0 Å². The van der Waals surface area contributed by atoms with Gasteiger partial charge in [-0.2, -0.15) is 0 Å². The Morgan fingerprint density at radius 3 is 1.33 bits per heavy atom. The van der Waals surface area contributed by atoms with Gasteiger partial charge in [0.05, 0.1) is 17.1 Å². The molecule has 1 saturated carbocycles. The van der Waals surface area contributed by atoms with E-state index in [0.717, 1.165) is 43.3 Å². The minimum Gasteiger partial charge on any atom is -0.289 e. The second-order valence-electron chi connectivity index (χ2n) is 9.68. The number of benzene rings is 1. The minimum absolute atomic E-state index is 0.412. The molecule has 0 amide bonds. The second-order valence-corrected chi connectivity index (χ2v) is 9.68. The second kappa shape index (κ2) is 12.5. The van der Waals surface area contributed by atoms with Crippen molar-refractivity contribution in [1.82, 2.24) is 24.8 Å². The van der Waals surface area contributed by atoms with E-state index in [1.807, 2.05) is 36.8 Å². The molecule has 1 aliphatic carbocycles. The Kier molecular flexibility index (Phi) is 8.45. The molecule has 0 unspecified atom stereocenters. The molecule has 0 spiro atoms. The van der Waals surface area contributed by atoms with Crippen molar-refractivity contribution in [2.45, 2.75) is 63.9 Å². The minimum atomic E-state index is 0.412. The molecule has 5 nitrogen and oxygen atoms in total. The summed E-state index contributed by atoms with van der Waals surface area (Å²) in [6, 6.07) is 30.4. The Labute approximate surface area is 214 Å². The third-order valence-electron chi connectivity index (χ3n) is 7.13. The topological polar surface area (TPSA) is 45.2 Å². The SMILES string of the molecule is c1ccc(CN(Cc2ccccn2)[C@H]2CCCC[C@@H]2N(Cc2ccccn2)Cc2ccccn2)cc1. The van der Waals surface area contributed by atoms with Crippen LogP contribution in [0.3, 0.4) is 0 Å². The molecule has 5 heteroatoms. The van der Waals surface area contributed by atoms with Gasteiger partial charge >= 0.3 is 0 Å². The maximum Gasteiger partial charge on any atom is 0.0544 e. The molecule has 2 atom stereocenters. The van der Waals surface area contributed by atoms with Crippen LogP contribution in [0.4, 0.5) is 0 Å². The highest BCUT2D eigenvalue weighted by atomic mass is 15.3. The molecule has 0 bridgehead atoms. The van der Waals surface area contributed by atoms with E-state index in [1.54, 1.807) is 0 Å². The highest BCUT2D eigenvalue weighted by Gasteiger charge is 2.35. The molecule has 0 radical (unpaired) electrons. The van der Waals surface area contributed by atoms with Crippen molar-refractivity contribution in [3.8, 4) is 0 Å². The van der Waals surface area contributed by atoms with E-state index >= 15 is 0 Å². The van der Waals surface area contributed by atoms with Crippen LogP contribution in [-0.4, -0.2) is 36.8 Å². The number of aromatic nitrogens is 3. The zero-order valence-electron chi connectivity index (χ0n) is 20.9. The van der Waals surface area contributed by atoms with Crippen molar-refractivity contribution < 1.29 is 0 Å². The highest BCUT2D eigenvalue weighted by Crippen LogP contribution is 2.31. The largest absolute Gasteiger partial charge is 0.289 e. The van der Waals surface area contributed by atoms with E-state index in [1.165, 1.54) is 31.2 Å². The van der Waals surface area contributed by atoms with Crippen molar-refractivity contribution in [2.24, 2.45) is 0 Å². The van der Waals surface area contributed by atoms with E-state index in [4.69, 9.17) is 0 Å². The van der Waals surface area contributed by atoms with Gasteiger partial charge < -0.3 is 0 Å². The van der Waals surface area contributed by atoms with Crippen LogP contribution in [0.25, 0.3) is 0 Å². The van der Waals surface area contributed by atoms with Gasteiger partial charge in [-0.1, -0.05) is 61.4 Å². The summed E-state index contributed by atoms with van der Waals surface area (Å²) >= 11 is 0. The van der Waals surface area contributed by atoms with Crippen LogP contribution in [-0.2, 0) is 26.2 Å². The van der Waals surface area contributed by atoms with Crippen molar-refractivity contribution in [3.05, 3.63) is 126 Å². The summed E-state index contributed by atoms with van der Waals surface area (Å²) < 4.78 is 0. The normalized spacial score (nSPS) is 17.9. The molecule has 0 saturated heterocycles. The molecule has 0 aliphatic heterocycles. The quantitative estimate of drug-likeness (QED) is 0.285. The first-order valence-electron chi connectivity index (χ1n) is 13.1. The first-order chi connectivity index (χ1) is 17.8. The fourth-order valence-electron chi connectivity index (χ4n) is 5.44. The van der Waals surface area contributed by atoms with Crippen LogP contribution in [0.2, 0.25) is 0 Å². The van der Waals surface area contributed by atoms with Gasteiger partial charge in [-0.05, 0) is 54.8 Å². The van der Waals surface area contributed by atoms with Crippen molar-refractivity contribution in [2.75, 3.05) is 0 Å². The summed E-state index contributed by atoms with van der Waals surface area (Å²) in [5.41, 5.74) is 4.69. The van der Waals surface area contributed by atoms with Crippen LogP contribution in [0.15, 0.2) is 104 Å². The van der Waals surface area contributed by atoms with Crippen LogP contribution in [0.1, 0.15) is 48.3 Å². The van der Waals surface area contributed by atoms with Crippen LogP contribution in [0, 0.1) is 0 Å². The molecule has 1 aliphatic rings. The zero-order valence-corrected chi connectivity index (χ0v) is 20.9. The van der Waals surface area contributed by atoms with Gasteiger partial charge in [-0.25, -0.2) is 0 Å². The average molecular weight is 478 g/mol. The Morgan fingerprint density at radius 2 is 0.917 bits per heavy atom. The predicted molar refractivity (Wildman–Crippen MR) is 144 cm³/mol. The lowest BCUT2D eigenvalue weighted by molar-refractivity contribution is 0.0278. The summed E-state index contributed by atoms with van der Waals surface area (Å²) in [6.07, 6.45) is 10.6. The van der Waals surface area contributed by atoms with Gasteiger partial charge in [0.15, 0.2) is 0 Å². The van der Waals surface area contributed by atoms with Crippen LogP contribution in [0.5, 0.6) is 0 Å². The standard InChI is InChI=1S/C31H35N5/c1-2-12-26(13-3-1)22-35(23-27-14-6-9-19-32-27)30-17-4-5-18-31(30)36(24-28-15-7-10-20-33-28)25-29-16-8-11-21-34-29/h1-3,6-16,19-21,30-31H,4-5,17-18,22-25H2/t30-,31-/m0/s1. The van der Waals surface area contributed by atoms with Gasteiger partial charge in [-0.15, -0.1) is 0 Å². The third-order valence-corrected chi connectivity index (χ3v) is 7.13. The van der Waals surface area contributed by atoms with Gasteiger partial charge in [0.1, 0.15) is 0 Å². The van der Waals surface area contributed by atoms with Crippen LogP contribution < -0.4 is 0 Å². The Hall–Kier alpha value is -3.41. The lowest BCUT2D eigenvalue weighted by Gasteiger charge is -2.45. The summed E-state index contributed by atoms with van der Waals surface area (Å²) in [5.74, 6) is 0. The molecule has 3 heterocycles. The van der Waals surface area contributed by atoms with Gasteiger partial charge in [0, 0.05) is 56.9 Å². The maximum atomic E-state index is 4.69. The van der Waals surface area contributed by atoms with Crippen molar-refractivity contribution in [3.63, 3.8) is 0 Å². The lowest BCUT2D eigenvalue weighted by Crippen LogP contribution is -2.52. The van der Waals surface area contributed by atoms with E-state index in [9.17, 15) is 0 Å². The number of nitrogens with zero attached hydrogens (tertiary/aromatic N) is 5. The zero-order chi connectivity index (χ0) is 24.4. The molecule has 184 valence electrons. The van der Waals surface area contributed by atoms with Crippen molar-refractivity contribution in [1.29, 1.82) is 0 Å². The first kappa shape index (κ1) is 24.3. The fourth-order valence-corrected chi connectivity index (χ4v) is 5.44. The monoisotopic (exact) mass is 477 g/mol. The van der Waals surface area contributed by atoms with Gasteiger partial charge in [0.25, 0.3) is 0 Å².